The first-order valence-electron chi connectivity index (χ1n) is 7.14. The highest BCUT2D eigenvalue weighted by Crippen LogP contribution is 2.24. The number of rotatable bonds is 3. The van der Waals surface area contributed by atoms with Crippen LogP contribution < -0.4 is 10.6 Å². The normalized spacial score (nSPS) is 17.4. The molecule has 0 aromatic heterocycles. The zero-order chi connectivity index (χ0) is 16.7. The van der Waals surface area contributed by atoms with Crippen molar-refractivity contribution in [2.75, 3.05) is 0 Å². The summed E-state index contributed by atoms with van der Waals surface area (Å²) < 4.78 is 0. The SMILES string of the molecule is Cc1ccc(C(C)C)c(Cl)c1.O=CNC1CCC(=O)NC1=O. The van der Waals surface area contributed by atoms with Gasteiger partial charge in [-0.1, -0.05) is 37.6 Å². The smallest absolute Gasteiger partial charge is 0.249 e. The van der Waals surface area contributed by atoms with Gasteiger partial charge in [0.1, 0.15) is 6.04 Å². The molecule has 1 fully saturated rings. The van der Waals surface area contributed by atoms with Crippen molar-refractivity contribution in [3.63, 3.8) is 0 Å². The second-order valence-corrected chi connectivity index (χ2v) is 5.88. The van der Waals surface area contributed by atoms with Gasteiger partial charge in [0, 0.05) is 11.4 Å². The van der Waals surface area contributed by atoms with E-state index in [1.165, 1.54) is 11.1 Å². The van der Waals surface area contributed by atoms with E-state index < -0.39 is 11.9 Å². The minimum Gasteiger partial charge on any atom is -0.347 e. The van der Waals surface area contributed by atoms with E-state index in [-0.39, 0.29) is 12.3 Å². The maximum absolute atomic E-state index is 10.8. The Balaban J connectivity index is 0.000000220. The van der Waals surface area contributed by atoms with Crippen LogP contribution in [0.25, 0.3) is 0 Å². The van der Waals surface area contributed by atoms with Crippen molar-refractivity contribution in [3.8, 4) is 0 Å². The average molecular weight is 325 g/mol. The molecule has 1 aromatic carbocycles. The van der Waals surface area contributed by atoms with Crippen LogP contribution in [-0.2, 0) is 14.4 Å². The van der Waals surface area contributed by atoms with Crippen LogP contribution in [0.5, 0.6) is 0 Å². The summed E-state index contributed by atoms with van der Waals surface area (Å²) >= 11 is 6.02. The van der Waals surface area contributed by atoms with Gasteiger partial charge >= 0.3 is 0 Å². The fourth-order valence-corrected chi connectivity index (χ4v) is 2.49. The van der Waals surface area contributed by atoms with Gasteiger partial charge in [-0.3, -0.25) is 19.7 Å². The number of imide groups is 1. The quantitative estimate of drug-likeness (QED) is 0.661. The zero-order valence-corrected chi connectivity index (χ0v) is 13.7. The van der Waals surface area contributed by atoms with E-state index in [0.717, 1.165) is 5.02 Å². The second kappa shape index (κ2) is 8.54. The largest absolute Gasteiger partial charge is 0.347 e. The molecule has 0 spiro atoms. The molecule has 1 saturated heterocycles. The number of aryl methyl sites for hydroxylation is 1. The Hall–Kier alpha value is -1.88. The van der Waals surface area contributed by atoms with E-state index in [9.17, 15) is 14.4 Å². The van der Waals surface area contributed by atoms with Gasteiger partial charge in [0.2, 0.25) is 18.2 Å². The molecule has 1 aromatic rings. The molecule has 0 bridgehead atoms. The van der Waals surface area contributed by atoms with Crippen LogP contribution in [0.4, 0.5) is 0 Å². The van der Waals surface area contributed by atoms with E-state index >= 15 is 0 Å². The van der Waals surface area contributed by atoms with Gasteiger partial charge in [0.05, 0.1) is 0 Å². The molecule has 6 heteroatoms. The molecular formula is C16H21ClN2O3. The molecule has 1 atom stereocenters. The number of nitrogens with one attached hydrogen (secondary N) is 2. The van der Waals surface area contributed by atoms with Crippen molar-refractivity contribution < 1.29 is 14.4 Å². The first kappa shape index (κ1) is 18.2. The minimum atomic E-state index is -0.537. The van der Waals surface area contributed by atoms with Crippen molar-refractivity contribution in [1.29, 1.82) is 0 Å². The van der Waals surface area contributed by atoms with Crippen molar-refractivity contribution in [3.05, 3.63) is 34.3 Å². The minimum absolute atomic E-state index is 0.279. The van der Waals surface area contributed by atoms with Crippen LogP contribution in [0.3, 0.4) is 0 Å². The standard InChI is InChI=1S/C10H13Cl.C6H8N2O3/c1-7(2)9-5-4-8(3)6-10(9)11;9-3-7-4-1-2-5(10)8-6(4)11/h4-7H,1-3H3;3-4H,1-2H2,(H,7,9)(H,8,10,11). The van der Waals surface area contributed by atoms with E-state index in [0.29, 0.717) is 18.7 Å². The summed E-state index contributed by atoms with van der Waals surface area (Å²) in [6, 6.07) is 5.67. The molecular weight excluding hydrogens is 304 g/mol. The molecule has 0 saturated carbocycles. The number of hydrogen-bond donors (Lipinski definition) is 2. The third kappa shape index (κ3) is 5.48. The Bertz CT molecular complexity index is 558. The van der Waals surface area contributed by atoms with Gasteiger partial charge in [0.25, 0.3) is 0 Å². The predicted molar refractivity (Wildman–Crippen MR) is 85.6 cm³/mol. The van der Waals surface area contributed by atoms with Crippen LogP contribution in [-0.4, -0.2) is 24.3 Å². The lowest BCUT2D eigenvalue weighted by atomic mass is 10.0. The number of piperidine rings is 1. The van der Waals surface area contributed by atoms with Crippen LogP contribution in [0, 0.1) is 6.92 Å². The van der Waals surface area contributed by atoms with Gasteiger partial charge in [-0.2, -0.15) is 0 Å². The highest BCUT2D eigenvalue weighted by molar-refractivity contribution is 6.31. The molecule has 1 unspecified atom stereocenters. The molecule has 120 valence electrons. The number of benzene rings is 1. The van der Waals surface area contributed by atoms with Crippen LogP contribution >= 0.6 is 11.6 Å². The highest BCUT2D eigenvalue weighted by Gasteiger charge is 2.25. The summed E-state index contributed by atoms with van der Waals surface area (Å²) in [5.41, 5.74) is 2.46. The third-order valence-electron chi connectivity index (χ3n) is 3.29. The van der Waals surface area contributed by atoms with E-state index in [1.807, 2.05) is 6.07 Å². The van der Waals surface area contributed by atoms with Crippen LogP contribution in [0.2, 0.25) is 5.02 Å². The van der Waals surface area contributed by atoms with Crippen LogP contribution in [0.1, 0.15) is 43.7 Å². The molecule has 0 aliphatic carbocycles. The fourth-order valence-electron chi connectivity index (χ4n) is 2.04. The summed E-state index contributed by atoms with van der Waals surface area (Å²) in [7, 11) is 0. The summed E-state index contributed by atoms with van der Waals surface area (Å²) in [4.78, 5) is 31.3. The first-order valence-corrected chi connectivity index (χ1v) is 7.52. The van der Waals surface area contributed by atoms with Gasteiger partial charge in [-0.15, -0.1) is 0 Å². The van der Waals surface area contributed by atoms with Gasteiger partial charge in [-0.25, -0.2) is 0 Å². The number of hydrogen-bond acceptors (Lipinski definition) is 3. The summed E-state index contributed by atoms with van der Waals surface area (Å²) in [5.74, 6) is -0.185. The fraction of sp³-hybridized carbons (Fsp3) is 0.438. The Kier molecular flexibility index (Phi) is 7.05. The zero-order valence-electron chi connectivity index (χ0n) is 13.0. The Morgan fingerprint density at radius 1 is 1.36 bits per heavy atom. The summed E-state index contributed by atoms with van der Waals surface area (Å²) in [6.07, 6.45) is 1.14. The lowest BCUT2D eigenvalue weighted by molar-refractivity contribution is -0.135. The number of carbonyl (C=O) groups excluding carboxylic acids is 3. The molecule has 22 heavy (non-hydrogen) atoms. The van der Waals surface area contributed by atoms with Crippen molar-refractivity contribution in [2.24, 2.45) is 0 Å². The van der Waals surface area contributed by atoms with Crippen molar-refractivity contribution >= 4 is 29.8 Å². The molecule has 2 rings (SSSR count). The lowest BCUT2D eigenvalue weighted by Gasteiger charge is -2.19. The molecule has 2 N–H and O–H groups in total. The molecule has 1 aliphatic rings. The van der Waals surface area contributed by atoms with Crippen molar-refractivity contribution in [1.82, 2.24) is 10.6 Å². The maximum atomic E-state index is 10.8. The molecule has 1 heterocycles. The Morgan fingerprint density at radius 3 is 2.55 bits per heavy atom. The maximum Gasteiger partial charge on any atom is 0.249 e. The number of halogens is 1. The Morgan fingerprint density at radius 2 is 2.05 bits per heavy atom. The van der Waals surface area contributed by atoms with Crippen LogP contribution in [0.15, 0.2) is 18.2 Å². The monoisotopic (exact) mass is 324 g/mol. The van der Waals surface area contributed by atoms with E-state index in [2.05, 4.69) is 43.5 Å². The molecule has 3 amide bonds. The lowest BCUT2D eigenvalue weighted by Crippen LogP contribution is -2.50. The second-order valence-electron chi connectivity index (χ2n) is 5.47. The van der Waals surface area contributed by atoms with E-state index in [1.54, 1.807) is 0 Å². The molecule has 0 radical (unpaired) electrons. The van der Waals surface area contributed by atoms with Gasteiger partial charge in [-0.05, 0) is 36.5 Å². The molecule has 5 nitrogen and oxygen atoms in total. The van der Waals surface area contributed by atoms with Gasteiger partial charge < -0.3 is 5.32 Å². The third-order valence-corrected chi connectivity index (χ3v) is 3.61. The Labute approximate surface area is 135 Å². The summed E-state index contributed by atoms with van der Waals surface area (Å²) in [6.45, 7) is 6.35. The average Bonchev–Trinajstić information content (AvgIpc) is 2.42. The number of amides is 3. The first-order chi connectivity index (χ1) is 10.3. The van der Waals surface area contributed by atoms with Gasteiger partial charge in [0.15, 0.2) is 0 Å². The molecule has 1 aliphatic heterocycles. The number of carbonyl (C=O) groups is 3. The summed E-state index contributed by atoms with van der Waals surface area (Å²) in [5, 5.41) is 5.31. The highest BCUT2D eigenvalue weighted by atomic mass is 35.5. The topological polar surface area (TPSA) is 75.3 Å². The van der Waals surface area contributed by atoms with Crippen molar-refractivity contribution in [2.45, 2.75) is 45.6 Å². The van der Waals surface area contributed by atoms with E-state index in [4.69, 9.17) is 11.6 Å². The predicted octanol–water partition coefficient (Wildman–Crippen LogP) is 2.31.